The highest BCUT2D eigenvalue weighted by Crippen LogP contribution is 2.18. The van der Waals surface area contributed by atoms with Gasteiger partial charge < -0.3 is 4.90 Å². The van der Waals surface area contributed by atoms with Gasteiger partial charge in [-0.2, -0.15) is 0 Å². The van der Waals surface area contributed by atoms with Crippen LogP contribution in [0, 0.1) is 0 Å². The van der Waals surface area contributed by atoms with Crippen molar-refractivity contribution >= 4 is 15.9 Å². The Balaban J connectivity index is 1.39. The van der Waals surface area contributed by atoms with Crippen LogP contribution in [0.15, 0.2) is 120 Å². The standard InChI is InChI=1S/C31H32N2O3S/c1-25(29-15-9-4-10-16-29)32-37(35,36)30-20-17-26(18-21-30)19-22-31(34)33(23-27-11-5-2-6-12-27)24-28-13-7-3-8-14-28/h2-18,20-21,25,32H,19,22-24H2,1H3/t25-/m1/s1. The first-order valence-electron chi connectivity index (χ1n) is 12.4. The zero-order chi connectivity index (χ0) is 26.1. The molecule has 1 amide bonds. The van der Waals surface area contributed by atoms with Gasteiger partial charge in [-0.15, -0.1) is 0 Å². The Hall–Kier alpha value is -3.74. The molecule has 0 aliphatic carbocycles. The fourth-order valence-corrected chi connectivity index (χ4v) is 5.43. The lowest BCUT2D eigenvalue weighted by Gasteiger charge is -2.23. The summed E-state index contributed by atoms with van der Waals surface area (Å²) in [6.45, 7) is 2.90. The van der Waals surface area contributed by atoms with E-state index in [1.54, 1.807) is 24.3 Å². The van der Waals surface area contributed by atoms with E-state index in [-0.39, 0.29) is 16.8 Å². The van der Waals surface area contributed by atoms with Crippen molar-refractivity contribution in [3.05, 3.63) is 138 Å². The number of carbonyl (C=O) groups excluding carboxylic acids is 1. The topological polar surface area (TPSA) is 66.5 Å². The van der Waals surface area contributed by atoms with Crippen molar-refractivity contribution in [2.75, 3.05) is 0 Å². The highest BCUT2D eigenvalue weighted by Gasteiger charge is 2.19. The van der Waals surface area contributed by atoms with Gasteiger partial charge in [-0.05, 0) is 47.7 Å². The van der Waals surface area contributed by atoms with Gasteiger partial charge in [-0.1, -0.05) is 103 Å². The molecule has 0 spiro atoms. The third kappa shape index (κ3) is 7.62. The molecule has 0 saturated heterocycles. The zero-order valence-corrected chi connectivity index (χ0v) is 21.8. The first kappa shape index (κ1) is 26.3. The molecular formula is C31H32N2O3S. The van der Waals surface area contributed by atoms with E-state index < -0.39 is 10.0 Å². The molecule has 37 heavy (non-hydrogen) atoms. The molecule has 0 aliphatic rings. The molecule has 6 heteroatoms. The van der Waals surface area contributed by atoms with E-state index in [9.17, 15) is 13.2 Å². The fraction of sp³-hybridized carbons (Fsp3) is 0.194. The Kier molecular flexibility index (Phi) is 8.88. The number of sulfonamides is 1. The number of rotatable bonds is 11. The highest BCUT2D eigenvalue weighted by molar-refractivity contribution is 7.89. The Bertz CT molecular complexity index is 1330. The SMILES string of the molecule is C[C@@H](NS(=O)(=O)c1ccc(CCC(=O)N(Cc2ccccc2)Cc2ccccc2)cc1)c1ccccc1. The lowest BCUT2D eigenvalue weighted by atomic mass is 10.1. The number of nitrogens with one attached hydrogen (secondary N) is 1. The Morgan fingerprint density at radius 3 is 1.70 bits per heavy atom. The van der Waals surface area contributed by atoms with Gasteiger partial charge in [-0.25, -0.2) is 13.1 Å². The normalized spacial score (nSPS) is 12.1. The molecule has 0 unspecified atom stereocenters. The van der Waals surface area contributed by atoms with Crippen LogP contribution in [0.3, 0.4) is 0 Å². The molecule has 190 valence electrons. The highest BCUT2D eigenvalue weighted by atomic mass is 32.2. The number of benzene rings is 4. The Morgan fingerprint density at radius 2 is 1.19 bits per heavy atom. The van der Waals surface area contributed by atoms with Crippen molar-refractivity contribution in [2.24, 2.45) is 0 Å². The minimum absolute atomic E-state index is 0.0581. The van der Waals surface area contributed by atoms with Crippen LogP contribution in [-0.4, -0.2) is 19.2 Å². The van der Waals surface area contributed by atoms with Gasteiger partial charge in [0.15, 0.2) is 0 Å². The summed E-state index contributed by atoms with van der Waals surface area (Å²) in [6, 6.07) is 35.8. The van der Waals surface area contributed by atoms with E-state index in [0.29, 0.717) is 25.9 Å². The third-order valence-electron chi connectivity index (χ3n) is 6.28. The summed E-state index contributed by atoms with van der Waals surface area (Å²) in [7, 11) is -3.66. The maximum absolute atomic E-state index is 13.2. The van der Waals surface area contributed by atoms with Crippen LogP contribution in [0.2, 0.25) is 0 Å². The average Bonchev–Trinajstić information content (AvgIpc) is 2.93. The molecule has 0 aliphatic heterocycles. The second-order valence-electron chi connectivity index (χ2n) is 9.12. The van der Waals surface area contributed by atoms with E-state index in [2.05, 4.69) is 4.72 Å². The molecule has 0 saturated carbocycles. The van der Waals surface area contributed by atoms with Crippen LogP contribution in [-0.2, 0) is 34.3 Å². The van der Waals surface area contributed by atoms with Gasteiger partial charge in [0.1, 0.15) is 0 Å². The summed E-state index contributed by atoms with van der Waals surface area (Å²) in [4.78, 5) is 15.3. The van der Waals surface area contributed by atoms with Gasteiger partial charge in [0.25, 0.3) is 0 Å². The Labute approximate surface area is 219 Å². The number of nitrogens with zero attached hydrogens (tertiary/aromatic N) is 1. The number of amides is 1. The lowest BCUT2D eigenvalue weighted by Crippen LogP contribution is -2.30. The van der Waals surface area contributed by atoms with Crippen LogP contribution in [0.25, 0.3) is 0 Å². The maximum atomic E-state index is 13.2. The molecule has 0 fully saturated rings. The minimum atomic E-state index is -3.66. The lowest BCUT2D eigenvalue weighted by molar-refractivity contribution is -0.132. The molecule has 5 nitrogen and oxygen atoms in total. The maximum Gasteiger partial charge on any atom is 0.241 e. The van der Waals surface area contributed by atoms with Crippen LogP contribution in [0.1, 0.15) is 41.6 Å². The van der Waals surface area contributed by atoms with Crippen LogP contribution >= 0.6 is 0 Å². The van der Waals surface area contributed by atoms with Gasteiger partial charge in [0, 0.05) is 25.6 Å². The molecule has 4 rings (SSSR count). The Morgan fingerprint density at radius 1 is 0.703 bits per heavy atom. The molecule has 0 radical (unpaired) electrons. The molecule has 4 aromatic rings. The number of hydrogen-bond acceptors (Lipinski definition) is 3. The third-order valence-corrected chi connectivity index (χ3v) is 7.83. The molecule has 1 N–H and O–H groups in total. The number of aryl methyl sites for hydroxylation is 1. The van der Waals surface area contributed by atoms with Gasteiger partial charge >= 0.3 is 0 Å². The monoisotopic (exact) mass is 512 g/mol. The van der Waals surface area contributed by atoms with Crippen molar-refractivity contribution in [3.63, 3.8) is 0 Å². The van der Waals surface area contributed by atoms with Crippen molar-refractivity contribution in [2.45, 2.75) is 43.8 Å². The molecule has 0 heterocycles. The zero-order valence-electron chi connectivity index (χ0n) is 21.0. The van der Waals surface area contributed by atoms with Crippen LogP contribution in [0.4, 0.5) is 0 Å². The van der Waals surface area contributed by atoms with Crippen molar-refractivity contribution < 1.29 is 13.2 Å². The molecule has 0 aromatic heterocycles. The van der Waals surface area contributed by atoms with Crippen molar-refractivity contribution in [1.82, 2.24) is 9.62 Å². The minimum Gasteiger partial charge on any atom is -0.334 e. The number of carbonyl (C=O) groups is 1. The second kappa shape index (κ2) is 12.5. The summed E-state index contributed by atoms with van der Waals surface area (Å²) < 4.78 is 28.4. The van der Waals surface area contributed by atoms with Crippen LogP contribution < -0.4 is 4.72 Å². The van der Waals surface area contributed by atoms with E-state index >= 15 is 0 Å². The predicted octanol–water partition coefficient (Wildman–Crippen LogP) is 5.89. The smallest absolute Gasteiger partial charge is 0.241 e. The van der Waals surface area contributed by atoms with Crippen LogP contribution in [0.5, 0.6) is 0 Å². The summed E-state index contributed by atoms with van der Waals surface area (Å²) in [5.41, 5.74) is 3.98. The van der Waals surface area contributed by atoms with Gasteiger partial charge in [0.05, 0.1) is 4.90 Å². The summed E-state index contributed by atoms with van der Waals surface area (Å²) in [5, 5.41) is 0. The molecule has 4 aromatic carbocycles. The van der Waals surface area contributed by atoms with Gasteiger partial charge in [0.2, 0.25) is 15.9 Å². The molecule has 1 atom stereocenters. The fourth-order valence-electron chi connectivity index (χ4n) is 4.20. The summed E-state index contributed by atoms with van der Waals surface area (Å²) in [6.07, 6.45) is 0.877. The largest absolute Gasteiger partial charge is 0.334 e. The molecule has 0 bridgehead atoms. The van der Waals surface area contributed by atoms with Gasteiger partial charge in [-0.3, -0.25) is 4.79 Å². The van der Waals surface area contributed by atoms with E-state index in [0.717, 1.165) is 22.3 Å². The summed E-state index contributed by atoms with van der Waals surface area (Å²) >= 11 is 0. The predicted molar refractivity (Wildman–Crippen MR) is 147 cm³/mol. The van der Waals surface area contributed by atoms with E-state index in [1.807, 2.05) is 103 Å². The van der Waals surface area contributed by atoms with E-state index in [4.69, 9.17) is 0 Å². The van der Waals surface area contributed by atoms with Crippen molar-refractivity contribution in [1.29, 1.82) is 0 Å². The molecular weight excluding hydrogens is 480 g/mol. The number of hydrogen-bond donors (Lipinski definition) is 1. The summed E-state index contributed by atoms with van der Waals surface area (Å²) in [5.74, 6) is 0.0581. The second-order valence-corrected chi connectivity index (χ2v) is 10.8. The first-order chi connectivity index (χ1) is 17.9. The van der Waals surface area contributed by atoms with Crippen molar-refractivity contribution in [3.8, 4) is 0 Å². The van der Waals surface area contributed by atoms with E-state index in [1.165, 1.54) is 0 Å². The average molecular weight is 513 g/mol. The first-order valence-corrected chi connectivity index (χ1v) is 13.9. The quantitative estimate of drug-likeness (QED) is 0.273.